The smallest absolute Gasteiger partial charge is 0.151 e. The topological polar surface area (TPSA) is 17.1 Å². The molecule has 0 amide bonds. The molecule has 2 rings (SSSR count). The van der Waals surface area contributed by atoms with E-state index in [2.05, 4.69) is 0 Å². The maximum Gasteiger partial charge on any atom is 0.151 e. The average molecular weight is 220 g/mol. The molecule has 1 aromatic heterocycles. The second-order valence-electron chi connectivity index (χ2n) is 3.24. The number of hydrogen-bond donors (Lipinski definition) is 0. The standard InChI is InChI=1S/C12H9FOS/c1-8-10(3-2-4-11(8)13)12-9(7-14)5-6-15-12/h2-7H,1H3. The van der Waals surface area contributed by atoms with Gasteiger partial charge in [0.15, 0.2) is 6.29 Å². The van der Waals surface area contributed by atoms with Crippen LogP contribution in [0.5, 0.6) is 0 Å². The van der Waals surface area contributed by atoms with Crippen molar-refractivity contribution in [3.8, 4) is 10.4 Å². The predicted octanol–water partition coefficient (Wildman–Crippen LogP) is 3.68. The maximum absolute atomic E-state index is 13.3. The minimum Gasteiger partial charge on any atom is -0.298 e. The Hall–Kier alpha value is -1.48. The second-order valence-corrected chi connectivity index (χ2v) is 4.15. The molecule has 1 heterocycles. The molecule has 0 atom stereocenters. The van der Waals surface area contributed by atoms with Crippen molar-refractivity contribution in [2.24, 2.45) is 0 Å². The molecule has 0 fully saturated rings. The van der Waals surface area contributed by atoms with E-state index in [9.17, 15) is 9.18 Å². The molecule has 0 bridgehead atoms. The minimum absolute atomic E-state index is 0.238. The van der Waals surface area contributed by atoms with E-state index in [1.54, 1.807) is 19.1 Å². The highest BCUT2D eigenvalue weighted by Crippen LogP contribution is 2.31. The van der Waals surface area contributed by atoms with Crippen LogP contribution in [-0.2, 0) is 0 Å². The van der Waals surface area contributed by atoms with E-state index < -0.39 is 0 Å². The first-order valence-corrected chi connectivity index (χ1v) is 5.40. The Balaban J connectivity index is 2.64. The Morgan fingerprint density at radius 3 is 2.87 bits per heavy atom. The van der Waals surface area contributed by atoms with Gasteiger partial charge in [-0.05, 0) is 35.6 Å². The molecule has 0 N–H and O–H groups in total. The van der Waals surface area contributed by atoms with Crippen LogP contribution in [0.15, 0.2) is 29.6 Å². The zero-order valence-electron chi connectivity index (χ0n) is 8.16. The molecule has 0 aliphatic heterocycles. The summed E-state index contributed by atoms with van der Waals surface area (Å²) < 4.78 is 13.3. The van der Waals surface area contributed by atoms with Gasteiger partial charge in [0, 0.05) is 10.4 Å². The molecule has 1 aromatic carbocycles. The highest BCUT2D eigenvalue weighted by Gasteiger charge is 2.10. The Morgan fingerprint density at radius 2 is 2.13 bits per heavy atom. The van der Waals surface area contributed by atoms with E-state index in [0.717, 1.165) is 16.7 Å². The fourth-order valence-corrected chi connectivity index (χ4v) is 2.44. The van der Waals surface area contributed by atoms with Crippen molar-refractivity contribution in [2.75, 3.05) is 0 Å². The third-order valence-corrected chi connectivity index (χ3v) is 3.30. The lowest BCUT2D eigenvalue weighted by atomic mass is 10.0. The number of thiophene rings is 1. The molecular formula is C12H9FOS. The largest absolute Gasteiger partial charge is 0.298 e. The number of hydrogen-bond acceptors (Lipinski definition) is 2. The maximum atomic E-state index is 13.3. The minimum atomic E-state index is -0.238. The predicted molar refractivity (Wildman–Crippen MR) is 59.8 cm³/mol. The van der Waals surface area contributed by atoms with Crippen LogP contribution in [0.4, 0.5) is 4.39 Å². The average Bonchev–Trinajstić information content (AvgIpc) is 2.70. The third kappa shape index (κ3) is 1.70. The molecule has 0 unspecified atom stereocenters. The number of carbonyl (C=O) groups is 1. The van der Waals surface area contributed by atoms with Gasteiger partial charge in [0.2, 0.25) is 0 Å². The first-order chi connectivity index (χ1) is 7.24. The van der Waals surface area contributed by atoms with Gasteiger partial charge in [0.1, 0.15) is 5.82 Å². The number of rotatable bonds is 2. The quantitative estimate of drug-likeness (QED) is 0.706. The molecule has 15 heavy (non-hydrogen) atoms. The van der Waals surface area contributed by atoms with Crippen LogP contribution in [0.3, 0.4) is 0 Å². The summed E-state index contributed by atoms with van der Waals surface area (Å²) in [7, 11) is 0. The zero-order valence-corrected chi connectivity index (χ0v) is 8.98. The molecule has 3 heteroatoms. The van der Waals surface area contributed by atoms with E-state index in [4.69, 9.17) is 0 Å². The second kappa shape index (κ2) is 3.95. The van der Waals surface area contributed by atoms with Crippen LogP contribution >= 0.6 is 11.3 Å². The van der Waals surface area contributed by atoms with Crippen molar-refractivity contribution in [2.45, 2.75) is 6.92 Å². The first-order valence-electron chi connectivity index (χ1n) is 4.52. The molecular weight excluding hydrogens is 211 g/mol. The lowest BCUT2D eigenvalue weighted by molar-refractivity contribution is 0.112. The van der Waals surface area contributed by atoms with Gasteiger partial charge in [0.05, 0.1) is 0 Å². The van der Waals surface area contributed by atoms with Crippen molar-refractivity contribution in [1.29, 1.82) is 0 Å². The molecule has 0 aliphatic rings. The summed E-state index contributed by atoms with van der Waals surface area (Å²) >= 11 is 1.45. The van der Waals surface area contributed by atoms with Gasteiger partial charge in [0.25, 0.3) is 0 Å². The van der Waals surface area contributed by atoms with Crippen LogP contribution in [0, 0.1) is 12.7 Å². The van der Waals surface area contributed by atoms with Crippen molar-refractivity contribution >= 4 is 17.6 Å². The summed E-state index contributed by atoms with van der Waals surface area (Å²) in [4.78, 5) is 11.6. The van der Waals surface area contributed by atoms with Crippen molar-refractivity contribution in [3.63, 3.8) is 0 Å². The molecule has 2 aromatic rings. The molecule has 0 saturated carbocycles. The van der Waals surface area contributed by atoms with E-state index in [1.165, 1.54) is 17.4 Å². The van der Waals surface area contributed by atoms with Gasteiger partial charge < -0.3 is 0 Å². The van der Waals surface area contributed by atoms with Crippen LogP contribution < -0.4 is 0 Å². The van der Waals surface area contributed by atoms with E-state index in [1.807, 2.05) is 11.4 Å². The van der Waals surface area contributed by atoms with E-state index in [0.29, 0.717) is 11.1 Å². The van der Waals surface area contributed by atoms with Gasteiger partial charge in [-0.2, -0.15) is 0 Å². The van der Waals surface area contributed by atoms with Crippen molar-refractivity contribution < 1.29 is 9.18 Å². The van der Waals surface area contributed by atoms with E-state index >= 15 is 0 Å². The zero-order chi connectivity index (χ0) is 10.8. The molecule has 0 aliphatic carbocycles. The van der Waals surface area contributed by atoms with Gasteiger partial charge >= 0.3 is 0 Å². The summed E-state index contributed by atoms with van der Waals surface area (Å²) in [6, 6.07) is 6.66. The number of halogens is 1. The number of benzene rings is 1. The molecule has 0 spiro atoms. The number of carbonyl (C=O) groups excluding carboxylic acids is 1. The highest BCUT2D eigenvalue weighted by atomic mass is 32.1. The Kier molecular flexibility index (Phi) is 2.64. The van der Waals surface area contributed by atoms with Gasteiger partial charge in [-0.1, -0.05) is 12.1 Å². The van der Waals surface area contributed by atoms with Crippen molar-refractivity contribution in [1.82, 2.24) is 0 Å². The van der Waals surface area contributed by atoms with E-state index in [-0.39, 0.29) is 5.82 Å². The Morgan fingerprint density at radius 1 is 1.33 bits per heavy atom. The fourth-order valence-electron chi connectivity index (χ4n) is 1.48. The summed E-state index contributed by atoms with van der Waals surface area (Å²) in [5.74, 6) is -0.238. The van der Waals surface area contributed by atoms with Crippen LogP contribution in [0.25, 0.3) is 10.4 Å². The Bertz CT molecular complexity index is 502. The molecule has 1 nitrogen and oxygen atoms in total. The SMILES string of the molecule is Cc1c(F)cccc1-c1sccc1C=O. The fraction of sp³-hybridized carbons (Fsp3) is 0.0833. The first kappa shape index (κ1) is 10.1. The normalized spacial score (nSPS) is 10.3. The summed E-state index contributed by atoms with van der Waals surface area (Å²) in [6.45, 7) is 1.72. The Labute approximate surface area is 91.2 Å². The van der Waals surface area contributed by atoms with Crippen molar-refractivity contribution in [3.05, 3.63) is 46.6 Å². The lowest BCUT2D eigenvalue weighted by Crippen LogP contribution is -1.88. The monoisotopic (exact) mass is 220 g/mol. The number of aldehydes is 1. The highest BCUT2D eigenvalue weighted by molar-refractivity contribution is 7.14. The molecule has 0 saturated heterocycles. The molecule has 0 radical (unpaired) electrons. The summed E-state index contributed by atoms with van der Waals surface area (Å²) in [6.07, 6.45) is 0.802. The van der Waals surface area contributed by atoms with Gasteiger partial charge in [-0.15, -0.1) is 11.3 Å². The lowest BCUT2D eigenvalue weighted by Gasteiger charge is -2.04. The van der Waals surface area contributed by atoms with Gasteiger partial charge in [-0.25, -0.2) is 4.39 Å². The van der Waals surface area contributed by atoms with Crippen LogP contribution in [0.1, 0.15) is 15.9 Å². The molecule has 76 valence electrons. The van der Waals surface area contributed by atoms with Gasteiger partial charge in [-0.3, -0.25) is 4.79 Å². The third-order valence-electron chi connectivity index (χ3n) is 2.33. The van der Waals surface area contributed by atoms with Crippen LogP contribution in [-0.4, -0.2) is 6.29 Å². The summed E-state index contributed by atoms with van der Waals surface area (Å²) in [5, 5.41) is 1.84. The van der Waals surface area contributed by atoms with Crippen LogP contribution in [0.2, 0.25) is 0 Å². The summed E-state index contributed by atoms with van der Waals surface area (Å²) in [5.41, 5.74) is 2.00.